The molecule has 1 saturated carbocycles. The Morgan fingerprint density at radius 1 is 1.16 bits per heavy atom. The van der Waals surface area contributed by atoms with Crippen LogP contribution in [0.15, 0.2) is 12.2 Å². The Kier molecular flexibility index (Phi) is 10.9. The van der Waals surface area contributed by atoms with Crippen molar-refractivity contribution in [2.24, 2.45) is 29.1 Å². The summed E-state index contributed by atoms with van der Waals surface area (Å²) in [7, 11) is 1.67. The van der Waals surface area contributed by atoms with E-state index in [1.807, 2.05) is 0 Å². The summed E-state index contributed by atoms with van der Waals surface area (Å²) in [6.45, 7) is 11.8. The Hall–Kier alpha value is -0.420. The average Bonchev–Trinajstić information content (AvgIpc) is 2.89. The van der Waals surface area contributed by atoms with Gasteiger partial charge in [0.1, 0.15) is 6.79 Å². The van der Waals surface area contributed by atoms with Crippen LogP contribution in [0.2, 0.25) is 0 Å². The van der Waals surface area contributed by atoms with Crippen LogP contribution in [-0.4, -0.2) is 45.4 Å². The van der Waals surface area contributed by atoms with E-state index in [4.69, 9.17) is 19.3 Å². The molecule has 0 unspecified atom stereocenters. The smallest absolute Gasteiger partial charge is 0.146 e. The number of aliphatic hydroxyl groups excluding tert-OH is 1. The molecule has 1 N–H and O–H groups in total. The van der Waals surface area contributed by atoms with Gasteiger partial charge in [0.2, 0.25) is 0 Å². The minimum atomic E-state index is 0.262. The summed E-state index contributed by atoms with van der Waals surface area (Å²) in [5.41, 5.74) is 0.289. The highest BCUT2D eigenvalue weighted by atomic mass is 16.7. The van der Waals surface area contributed by atoms with Crippen LogP contribution in [0, 0.1) is 29.1 Å². The lowest BCUT2D eigenvalue weighted by Crippen LogP contribution is -2.27. The molecule has 0 heterocycles. The zero-order chi connectivity index (χ0) is 18.7. The number of methoxy groups -OCH3 is 1. The van der Waals surface area contributed by atoms with E-state index in [0.29, 0.717) is 37.8 Å². The van der Waals surface area contributed by atoms with Crippen molar-refractivity contribution in [1.29, 1.82) is 0 Å². The summed E-state index contributed by atoms with van der Waals surface area (Å²) in [5, 5.41) is 9.12. The van der Waals surface area contributed by atoms with Gasteiger partial charge in [-0.05, 0) is 54.8 Å². The van der Waals surface area contributed by atoms with Crippen molar-refractivity contribution < 1.29 is 19.3 Å². The van der Waals surface area contributed by atoms with E-state index in [1.165, 1.54) is 12.8 Å². The zero-order valence-electron chi connectivity index (χ0n) is 17.0. The minimum absolute atomic E-state index is 0.262. The lowest BCUT2D eigenvalue weighted by atomic mass is 9.72. The number of aliphatic hydroxyl groups is 1. The molecular formula is C21H40O4. The fourth-order valence-corrected chi connectivity index (χ4v) is 4.01. The van der Waals surface area contributed by atoms with E-state index in [-0.39, 0.29) is 12.0 Å². The molecule has 4 nitrogen and oxygen atoms in total. The molecule has 1 aliphatic carbocycles. The summed E-state index contributed by atoms with van der Waals surface area (Å²) in [6.07, 6.45) is 9.21. The highest BCUT2D eigenvalue weighted by Gasteiger charge is 2.44. The molecule has 1 rings (SSSR count). The van der Waals surface area contributed by atoms with E-state index >= 15 is 0 Å². The average molecular weight is 357 g/mol. The number of rotatable bonds is 13. The first-order valence-electron chi connectivity index (χ1n) is 9.88. The quantitative estimate of drug-likeness (QED) is 0.304. The molecule has 0 aromatic heterocycles. The molecule has 0 aliphatic heterocycles. The summed E-state index contributed by atoms with van der Waals surface area (Å²) in [4.78, 5) is 0. The summed E-state index contributed by atoms with van der Waals surface area (Å²) < 4.78 is 16.0. The van der Waals surface area contributed by atoms with E-state index in [9.17, 15) is 0 Å². The van der Waals surface area contributed by atoms with Gasteiger partial charge in [-0.2, -0.15) is 0 Å². The van der Waals surface area contributed by atoms with E-state index in [0.717, 1.165) is 25.4 Å². The fraction of sp³-hybridized carbons (Fsp3) is 0.905. The number of hydrogen-bond donors (Lipinski definition) is 1. The van der Waals surface area contributed by atoms with Crippen LogP contribution in [0.1, 0.15) is 53.4 Å². The van der Waals surface area contributed by atoms with Crippen LogP contribution in [0.3, 0.4) is 0 Å². The molecule has 0 aromatic carbocycles. The SMILES string of the molecule is COCCOCOCC[C@@]1(C)CC[C@H](C(C)C)[C@@H]1/C=C/[C@H](C)CCO. The van der Waals surface area contributed by atoms with E-state index in [1.54, 1.807) is 7.11 Å². The molecule has 0 saturated heterocycles. The molecule has 0 amide bonds. The maximum atomic E-state index is 9.12. The summed E-state index contributed by atoms with van der Waals surface area (Å²) in [5.74, 6) is 2.46. The maximum Gasteiger partial charge on any atom is 0.146 e. The van der Waals surface area contributed by atoms with Crippen molar-refractivity contribution in [2.45, 2.75) is 53.4 Å². The first kappa shape index (κ1) is 22.6. The van der Waals surface area contributed by atoms with Gasteiger partial charge in [0, 0.05) is 20.3 Å². The van der Waals surface area contributed by atoms with Crippen LogP contribution in [-0.2, 0) is 14.2 Å². The lowest BCUT2D eigenvalue weighted by molar-refractivity contribution is -0.0729. The minimum Gasteiger partial charge on any atom is -0.396 e. The van der Waals surface area contributed by atoms with Gasteiger partial charge in [-0.25, -0.2) is 0 Å². The molecule has 0 radical (unpaired) electrons. The third-order valence-electron chi connectivity index (χ3n) is 5.82. The molecular weight excluding hydrogens is 316 g/mol. The number of allylic oxidation sites excluding steroid dienone is 2. The topological polar surface area (TPSA) is 47.9 Å². The second-order valence-electron chi connectivity index (χ2n) is 8.18. The second kappa shape index (κ2) is 12.1. The highest BCUT2D eigenvalue weighted by molar-refractivity contribution is 5.06. The molecule has 1 fully saturated rings. The first-order chi connectivity index (χ1) is 11.9. The molecule has 0 aromatic rings. The van der Waals surface area contributed by atoms with Crippen LogP contribution in [0.5, 0.6) is 0 Å². The lowest BCUT2D eigenvalue weighted by Gasteiger charge is -2.34. The van der Waals surface area contributed by atoms with Gasteiger partial charge >= 0.3 is 0 Å². The van der Waals surface area contributed by atoms with Crippen LogP contribution < -0.4 is 0 Å². The molecule has 0 bridgehead atoms. The largest absolute Gasteiger partial charge is 0.396 e. The van der Waals surface area contributed by atoms with Gasteiger partial charge in [-0.1, -0.05) is 39.8 Å². The predicted octanol–water partition coefficient (Wildman–Crippen LogP) is 4.28. The maximum absolute atomic E-state index is 9.12. The molecule has 1 aliphatic rings. The van der Waals surface area contributed by atoms with Crippen molar-refractivity contribution in [1.82, 2.24) is 0 Å². The summed E-state index contributed by atoms with van der Waals surface area (Å²) >= 11 is 0. The van der Waals surface area contributed by atoms with Gasteiger partial charge < -0.3 is 19.3 Å². The Morgan fingerprint density at radius 2 is 1.88 bits per heavy atom. The van der Waals surface area contributed by atoms with Crippen molar-refractivity contribution in [2.75, 3.05) is 40.3 Å². The Balaban J connectivity index is 2.54. The standard InChI is InChI=1S/C21H40O4/c1-17(2)19-8-10-21(4,11-13-24-16-25-15-14-23-5)20(19)7-6-18(3)9-12-22/h6-7,17-20,22H,8-16H2,1-5H3/b7-6+/t18-,19+,20-,21+/m0/s1. The van der Waals surface area contributed by atoms with E-state index in [2.05, 4.69) is 39.8 Å². The molecule has 0 spiro atoms. The number of hydrogen-bond acceptors (Lipinski definition) is 4. The normalized spacial score (nSPS) is 28.3. The van der Waals surface area contributed by atoms with Crippen molar-refractivity contribution in [3.63, 3.8) is 0 Å². The van der Waals surface area contributed by atoms with Crippen LogP contribution in [0.4, 0.5) is 0 Å². The Bertz CT molecular complexity index is 369. The van der Waals surface area contributed by atoms with Gasteiger partial charge in [-0.15, -0.1) is 0 Å². The van der Waals surface area contributed by atoms with Crippen LogP contribution >= 0.6 is 0 Å². The highest BCUT2D eigenvalue weighted by Crippen LogP contribution is 2.52. The van der Waals surface area contributed by atoms with Gasteiger partial charge in [0.05, 0.1) is 13.2 Å². The Morgan fingerprint density at radius 3 is 2.52 bits per heavy atom. The second-order valence-corrected chi connectivity index (χ2v) is 8.18. The molecule has 25 heavy (non-hydrogen) atoms. The molecule has 148 valence electrons. The fourth-order valence-electron chi connectivity index (χ4n) is 4.01. The van der Waals surface area contributed by atoms with Crippen LogP contribution in [0.25, 0.3) is 0 Å². The van der Waals surface area contributed by atoms with Crippen molar-refractivity contribution >= 4 is 0 Å². The third kappa shape index (κ3) is 7.78. The van der Waals surface area contributed by atoms with Gasteiger partial charge in [0.25, 0.3) is 0 Å². The first-order valence-corrected chi connectivity index (χ1v) is 9.88. The molecule has 4 atom stereocenters. The van der Waals surface area contributed by atoms with E-state index < -0.39 is 0 Å². The summed E-state index contributed by atoms with van der Waals surface area (Å²) in [6, 6.07) is 0. The zero-order valence-corrected chi connectivity index (χ0v) is 17.0. The van der Waals surface area contributed by atoms with Gasteiger partial charge in [-0.3, -0.25) is 0 Å². The van der Waals surface area contributed by atoms with Crippen molar-refractivity contribution in [3.8, 4) is 0 Å². The van der Waals surface area contributed by atoms with Gasteiger partial charge in [0.15, 0.2) is 0 Å². The van der Waals surface area contributed by atoms with Crippen molar-refractivity contribution in [3.05, 3.63) is 12.2 Å². The Labute approximate surface area is 154 Å². The third-order valence-corrected chi connectivity index (χ3v) is 5.82. The predicted molar refractivity (Wildman–Crippen MR) is 102 cm³/mol. The molecule has 4 heteroatoms. The number of ether oxygens (including phenoxy) is 3. The monoisotopic (exact) mass is 356 g/mol.